The van der Waals surface area contributed by atoms with Crippen molar-refractivity contribution in [1.82, 2.24) is 13.9 Å². The summed E-state index contributed by atoms with van der Waals surface area (Å²) in [6.45, 7) is 2.10. The monoisotopic (exact) mass is 297 g/mol. The second-order valence-electron chi connectivity index (χ2n) is 6.15. The van der Waals surface area contributed by atoms with Crippen molar-refractivity contribution in [2.24, 2.45) is 5.92 Å². The minimum absolute atomic E-state index is 0.426. The molecule has 5 nitrogen and oxygen atoms in total. The van der Waals surface area contributed by atoms with Gasteiger partial charge in [0.25, 0.3) is 0 Å². The third-order valence-electron chi connectivity index (χ3n) is 4.45. The maximum absolute atomic E-state index is 11.9. The molecule has 1 saturated carbocycles. The van der Waals surface area contributed by atoms with Crippen molar-refractivity contribution in [3.63, 3.8) is 0 Å². The fourth-order valence-electron chi connectivity index (χ4n) is 3.01. The van der Waals surface area contributed by atoms with Crippen molar-refractivity contribution in [2.45, 2.75) is 51.6 Å². The van der Waals surface area contributed by atoms with E-state index in [0.717, 1.165) is 37.3 Å². The van der Waals surface area contributed by atoms with Crippen LogP contribution in [0.3, 0.4) is 0 Å². The highest BCUT2D eigenvalue weighted by Gasteiger charge is 2.26. The van der Waals surface area contributed by atoms with Crippen molar-refractivity contribution in [2.75, 3.05) is 12.8 Å². The van der Waals surface area contributed by atoms with E-state index < -0.39 is 10.0 Å². The molecule has 3 rings (SSSR count). The number of imidazole rings is 1. The first-order valence-electron chi connectivity index (χ1n) is 7.52. The summed E-state index contributed by atoms with van der Waals surface area (Å²) in [6.07, 6.45) is 10.3. The second kappa shape index (κ2) is 5.48. The Kier molecular flexibility index (Phi) is 3.86. The lowest BCUT2D eigenvalue weighted by atomic mass is 9.85. The summed E-state index contributed by atoms with van der Waals surface area (Å²) in [6, 6.07) is 0. The molecule has 0 saturated heterocycles. The predicted octanol–water partition coefficient (Wildman–Crippen LogP) is 1.78. The molecule has 0 amide bonds. The lowest BCUT2D eigenvalue weighted by molar-refractivity contribution is 0.242. The van der Waals surface area contributed by atoms with Crippen molar-refractivity contribution in [3.8, 4) is 0 Å². The molecule has 0 atom stereocenters. The van der Waals surface area contributed by atoms with Crippen LogP contribution in [0, 0.1) is 5.92 Å². The van der Waals surface area contributed by atoms with Gasteiger partial charge in [-0.15, -0.1) is 0 Å². The molecule has 0 unspecified atom stereocenters. The number of sulfonamides is 1. The highest BCUT2D eigenvalue weighted by Crippen LogP contribution is 2.28. The number of hydrogen-bond donors (Lipinski definition) is 0. The Balaban J connectivity index is 1.73. The Labute approximate surface area is 121 Å². The summed E-state index contributed by atoms with van der Waals surface area (Å²) in [7, 11) is -3.15. The molecule has 0 radical (unpaired) electrons. The van der Waals surface area contributed by atoms with Gasteiger partial charge in [0.2, 0.25) is 10.0 Å². The Bertz CT molecular complexity index is 552. The zero-order valence-corrected chi connectivity index (χ0v) is 12.9. The Morgan fingerprint density at radius 2 is 2.15 bits per heavy atom. The van der Waals surface area contributed by atoms with Crippen LogP contribution in [0.4, 0.5) is 0 Å². The van der Waals surface area contributed by atoms with E-state index in [9.17, 15) is 8.42 Å². The number of rotatable bonds is 5. The Hall–Kier alpha value is -0.880. The van der Waals surface area contributed by atoms with E-state index in [0.29, 0.717) is 19.0 Å². The Morgan fingerprint density at radius 3 is 2.75 bits per heavy atom. The molecule has 6 heteroatoms. The van der Waals surface area contributed by atoms with E-state index >= 15 is 0 Å². The highest BCUT2D eigenvalue weighted by atomic mass is 32.2. The van der Waals surface area contributed by atoms with Crippen LogP contribution in [-0.2, 0) is 29.5 Å². The van der Waals surface area contributed by atoms with Crippen LogP contribution in [0.1, 0.15) is 43.6 Å². The second-order valence-corrected chi connectivity index (χ2v) is 8.13. The van der Waals surface area contributed by atoms with Crippen LogP contribution in [-0.4, -0.2) is 35.1 Å². The molecular formula is C14H23N3O2S. The maximum atomic E-state index is 11.9. The first-order valence-corrected chi connectivity index (χ1v) is 9.37. The van der Waals surface area contributed by atoms with Crippen LogP contribution in [0.15, 0.2) is 6.20 Å². The van der Waals surface area contributed by atoms with Gasteiger partial charge in [0.15, 0.2) is 0 Å². The van der Waals surface area contributed by atoms with Gasteiger partial charge in [-0.3, -0.25) is 0 Å². The summed E-state index contributed by atoms with van der Waals surface area (Å²) in [5, 5.41) is 0. The first-order chi connectivity index (χ1) is 9.52. The number of nitrogens with zero attached hydrogens (tertiary/aromatic N) is 3. The average Bonchev–Trinajstić information content (AvgIpc) is 2.72. The molecule has 112 valence electrons. The normalized spacial score (nSPS) is 19.9. The number of fused-ring (bicyclic) bond motifs is 1. The van der Waals surface area contributed by atoms with Gasteiger partial charge in [-0.2, -0.15) is 4.31 Å². The van der Waals surface area contributed by atoms with E-state index in [4.69, 9.17) is 0 Å². The summed E-state index contributed by atoms with van der Waals surface area (Å²) in [5.74, 6) is 1.66. The minimum Gasteiger partial charge on any atom is -0.335 e. The number of aryl methyl sites for hydroxylation is 2. The van der Waals surface area contributed by atoms with Gasteiger partial charge >= 0.3 is 0 Å². The van der Waals surface area contributed by atoms with Crippen molar-refractivity contribution in [3.05, 3.63) is 17.7 Å². The summed E-state index contributed by atoms with van der Waals surface area (Å²) < 4.78 is 27.7. The lowest BCUT2D eigenvalue weighted by Crippen LogP contribution is -2.36. The largest absolute Gasteiger partial charge is 0.335 e. The standard InChI is InChI=1S/C14H23N3O2S/c1-20(18,19)17(9-12-5-4-6-12)11-13-10-16-8-3-2-7-14(16)15-13/h10,12H,2-9,11H2,1H3. The van der Waals surface area contributed by atoms with Crippen LogP contribution in [0.25, 0.3) is 0 Å². The first kappa shape index (κ1) is 14.1. The zero-order valence-electron chi connectivity index (χ0n) is 12.1. The molecule has 1 aromatic heterocycles. The fourth-order valence-corrected chi connectivity index (χ4v) is 3.86. The quantitative estimate of drug-likeness (QED) is 0.832. The summed E-state index contributed by atoms with van der Waals surface area (Å²) in [4.78, 5) is 4.61. The molecule has 2 aliphatic rings. The van der Waals surface area contributed by atoms with Gasteiger partial charge in [-0.1, -0.05) is 6.42 Å². The smallest absolute Gasteiger partial charge is 0.211 e. The van der Waals surface area contributed by atoms with Crippen LogP contribution in [0.2, 0.25) is 0 Å². The van der Waals surface area contributed by atoms with E-state index in [1.165, 1.54) is 25.5 Å². The molecule has 20 heavy (non-hydrogen) atoms. The number of aromatic nitrogens is 2. The van der Waals surface area contributed by atoms with E-state index in [-0.39, 0.29) is 0 Å². The van der Waals surface area contributed by atoms with E-state index in [2.05, 4.69) is 9.55 Å². The molecule has 0 spiro atoms. The van der Waals surface area contributed by atoms with Crippen molar-refractivity contribution >= 4 is 10.0 Å². The van der Waals surface area contributed by atoms with Crippen LogP contribution >= 0.6 is 0 Å². The van der Waals surface area contributed by atoms with Crippen molar-refractivity contribution < 1.29 is 8.42 Å². The van der Waals surface area contributed by atoms with E-state index in [1.807, 2.05) is 6.20 Å². The SMILES string of the molecule is CS(=O)(=O)N(Cc1cn2c(n1)CCCC2)CC1CCC1. The van der Waals surface area contributed by atoms with Gasteiger partial charge in [0, 0.05) is 25.7 Å². The average molecular weight is 297 g/mol. The molecule has 2 heterocycles. The van der Waals surface area contributed by atoms with Crippen LogP contribution < -0.4 is 0 Å². The molecule has 1 aromatic rings. The van der Waals surface area contributed by atoms with Gasteiger partial charge in [0.1, 0.15) is 5.82 Å². The molecule has 1 fully saturated rings. The van der Waals surface area contributed by atoms with Gasteiger partial charge < -0.3 is 4.57 Å². The summed E-state index contributed by atoms with van der Waals surface area (Å²) >= 11 is 0. The van der Waals surface area contributed by atoms with Gasteiger partial charge in [0.05, 0.1) is 18.5 Å². The van der Waals surface area contributed by atoms with E-state index in [1.54, 1.807) is 4.31 Å². The maximum Gasteiger partial charge on any atom is 0.211 e. The topological polar surface area (TPSA) is 55.2 Å². The van der Waals surface area contributed by atoms with Gasteiger partial charge in [-0.25, -0.2) is 13.4 Å². The molecule has 0 aromatic carbocycles. The lowest BCUT2D eigenvalue weighted by Gasteiger charge is -2.30. The third-order valence-corrected chi connectivity index (χ3v) is 5.67. The molecule has 0 bridgehead atoms. The Morgan fingerprint density at radius 1 is 1.35 bits per heavy atom. The molecular weight excluding hydrogens is 274 g/mol. The molecule has 0 N–H and O–H groups in total. The summed E-state index contributed by atoms with van der Waals surface area (Å²) in [5.41, 5.74) is 0.895. The molecule has 1 aliphatic heterocycles. The zero-order chi connectivity index (χ0) is 14.2. The minimum atomic E-state index is -3.15. The van der Waals surface area contributed by atoms with Crippen LogP contribution in [0.5, 0.6) is 0 Å². The molecule has 1 aliphatic carbocycles. The predicted molar refractivity (Wildman–Crippen MR) is 77.8 cm³/mol. The van der Waals surface area contributed by atoms with Crippen molar-refractivity contribution in [1.29, 1.82) is 0 Å². The number of hydrogen-bond acceptors (Lipinski definition) is 3. The highest BCUT2D eigenvalue weighted by molar-refractivity contribution is 7.88. The fraction of sp³-hybridized carbons (Fsp3) is 0.786. The van der Waals surface area contributed by atoms with Gasteiger partial charge in [-0.05, 0) is 31.6 Å². The third kappa shape index (κ3) is 3.06.